The third-order valence-electron chi connectivity index (χ3n) is 4.04. The third-order valence-corrected chi connectivity index (χ3v) is 4.04. The van der Waals surface area contributed by atoms with E-state index < -0.39 is 0 Å². The number of nitrogens with one attached hydrogen (secondary N) is 2. The number of carbonyl (C=O) groups is 1. The normalized spacial score (nSPS) is 10.3. The number of ether oxygens (including phenoxy) is 1. The van der Waals surface area contributed by atoms with Gasteiger partial charge in [0.1, 0.15) is 17.3 Å². The van der Waals surface area contributed by atoms with Gasteiger partial charge in [0.2, 0.25) is 0 Å². The lowest BCUT2D eigenvalue weighted by atomic mass is 10.1. The van der Waals surface area contributed by atoms with E-state index in [4.69, 9.17) is 4.74 Å². The Labute approximate surface area is 158 Å². The minimum Gasteiger partial charge on any atom is -0.495 e. The molecule has 0 atom stereocenters. The molecule has 0 aliphatic carbocycles. The molecule has 2 aromatic carbocycles. The number of hydrogen-bond donors (Lipinski definition) is 2. The summed E-state index contributed by atoms with van der Waals surface area (Å²) in [6.45, 7) is 2.55. The van der Waals surface area contributed by atoms with Crippen molar-refractivity contribution in [3.8, 4) is 5.75 Å². The van der Waals surface area contributed by atoms with E-state index in [9.17, 15) is 4.79 Å². The second-order valence-corrected chi connectivity index (χ2v) is 6.11. The minimum absolute atomic E-state index is 0.238. The van der Waals surface area contributed by atoms with Crippen LogP contribution in [-0.4, -0.2) is 29.5 Å². The molecule has 6 nitrogen and oxygen atoms in total. The number of rotatable bonds is 7. The maximum absolute atomic E-state index is 12.2. The summed E-state index contributed by atoms with van der Waals surface area (Å²) in [6, 6.07) is 15.8. The summed E-state index contributed by atoms with van der Waals surface area (Å²) in [5.41, 5.74) is 3.35. The van der Waals surface area contributed by atoms with Crippen molar-refractivity contribution in [2.45, 2.75) is 13.3 Å². The van der Waals surface area contributed by atoms with Crippen molar-refractivity contribution < 1.29 is 9.53 Å². The molecule has 0 unspecified atom stereocenters. The molecule has 0 bridgehead atoms. The van der Waals surface area contributed by atoms with Gasteiger partial charge in [-0.3, -0.25) is 4.79 Å². The monoisotopic (exact) mass is 362 g/mol. The van der Waals surface area contributed by atoms with Gasteiger partial charge in [-0.05, 0) is 36.6 Å². The van der Waals surface area contributed by atoms with Gasteiger partial charge in [-0.2, -0.15) is 0 Å². The lowest BCUT2D eigenvalue weighted by molar-refractivity contribution is 0.0949. The number of methoxy groups -OCH3 is 1. The molecule has 0 saturated carbocycles. The van der Waals surface area contributed by atoms with Gasteiger partial charge in [0.25, 0.3) is 5.91 Å². The average molecular weight is 362 g/mol. The van der Waals surface area contributed by atoms with Crippen LogP contribution in [0.15, 0.2) is 60.9 Å². The van der Waals surface area contributed by atoms with Crippen LogP contribution in [0.2, 0.25) is 0 Å². The molecule has 3 aromatic rings. The molecule has 27 heavy (non-hydrogen) atoms. The Morgan fingerprint density at radius 3 is 2.59 bits per heavy atom. The number of aryl methyl sites for hydroxylation is 1. The van der Waals surface area contributed by atoms with Crippen LogP contribution in [0, 0.1) is 6.92 Å². The molecule has 1 heterocycles. The Morgan fingerprint density at radius 1 is 1.07 bits per heavy atom. The van der Waals surface area contributed by atoms with E-state index in [1.54, 1.807) is 7.11 Å². The fraction of sp³-hybridized carbons (Fsp3) is 0.190. The maximum Gasteiger partial charge on any atom is 0.271 e. The first-order valence-corrected chi connectivity index (χ1v) is 8.71. The second-order valence-electron chi connectivity index (χ2n) is 6.11. The second kappa shape index (κ2) is 8.80. The van der Waals surface area contributed by atoms with Gasteiger partial charge >= 0.3 is 0 Å². The molecular formula is C21H22N4O2. The summed E-state index contributed by atoms with van der Waals surface area (Å²) in [4.78, 5) is 20.7. The van der Waals surface area contributed by atoms with Gasteiger partial charge in [0, 0.05) is 6.54 Å². The van der Waals surface area contributed by atoms with Crippen LogP contribution in [0.25, 0.3) is 0 Å². The highest BCUT2D eigenvalue weighted by Gasteiger charge is 2.09. The summed E-state index contributed by atoms with van der Waals surface area (Å²) in [7, 11) is 1.62. The quantitative estimate of drug-likeness (QED) is 0.673. The predicted octanol–water partition coefficient (Wildman–Crippen LogP) is 3.51. The van der Waals surface area contributed by atoms with Crippen molar-refractivity contribution in [1.82, 2.24) is 15.3 Å². The van der Waals surface area contributed by atoms with Crippen molar-refractivity contribution in [2.24, 2.45) is 0 Å². The topological polar surface area (TPSA) is 76.1 Å². The fourth-order valence-electron chi connectivity index (χ4n) is 2.62. The molecule has 0 fully saturated rings. The molecule has 0 aliphatic heterocycles. The first kappa shape index (κ1) is 18.4. The smallest absolute Gasteiger partial charge is 0.271 e. The Morgan fingerprint density at radius 2 is 1.89 bits per heavy atom. The van der Waals surface area contributed by atoms with E-state index in [0.717, 1.165) is 17.7 Å². The number of aromatic nitrogens is 2. The molecule has 0 saturated heterocycles. The van der Waals surface area contributed by atoms with E-state index in [-0.39, 0.29) is 11.6 Å². The van der Waals surface area contributed by atoms with Crippen molar-refractivity contribution in [2.75, 3.05) is 19.0 Å². The Balaban J connectivity index is 1.58. The highest BCUT2D eigenvalue weighted by atomic mass is 16.5. The lowest BCUT2D eigenvalue weighted by Gasteiger charge is -2.11. The van der Waals surface area contributed by atoms with Gasteiger partial charge in [0.05, 0.1) is 25.2 Å². The molecule has 0 radical (unpaired) electrons. The molecule has 0 aliphatic rings. The zero-order valence-corrected chi connectivity index (χ0v) is 15.4. The number of benzene rings is 2. The molecule has 138 valence electrons. The highest BCUT2D eigenvalue weighted by Crippen LogP contribution is 2.27. The highest BCUT2D eigenvalue weighted by molar-refractivity contribution is 5.92. The van der Waals surface area contributed by atoms with E-state index in [0.29, 0.717) is 18.1 Å². The lowest BCUT2D eigenvalue weighted by Crippen LogP contribution is -2.26. The molecule has 1 aromatic heterocycles. The van der Waals surface area contributed by atoms with Crippen LogP contribution in [0.4, 0.5) is 11.5 Å². The van der Waals surface area contributed by atoms with Crippen LogP contribution >= 0.6 is 0 Å². The van der Waals surface area contributed by atoms with Crippen molar-refractivity contribution in [3.05, 3.63) is 77.7 Å². The van der Waals surface area contributed by atoms with E-state index in [2.05, 4.69) is 20.6 Å². The van der Waals surface area contributed by atoms with Crippen molar-refractivity contribution >= 4 is 17.4 Å². The number of anilines is 2. The largest absolute Gasteiger partial charge is 0.495 e. The molecule has 2 N–H and O–H groups in total. The van der Waals surface area contributed by atoms with Gasteiger partial charge in [-0.1, -0.05) is 36.4 Å². The molecule has 6 heteroatoms. The van der Waals surface area contributed by atoms with Crippen molar-refractivity contribution in [3.63, 3.8) is 0 Å². The Kier molecular flexibility index (Phi) is 5.99. The standard InChI is InChI=1S/C21H22N4O2/c1-15-8-9-19(27-2)17(12-15)25-20-14-23-18(13-24-20)21(26)22-11-10-16-6-4-3-5-7-16/h3-9,12-14H,10-11H2,1-2H3,(H,22,26)(H,24,25). The molecule has 0 spiro atoms. The summed E-state index contributed by atoms with van der Waals surface area (Å²) in [5.74, 6) is 1.02. The van der Waals surface area contributed by atoms with Crippen LogP contribution in [-0.2, 0) is 6.42 Å². The Bertz CT molecular complexity index is 896. The van der Waals surface area contributed by atoms with Gasteiger partial charge in [-0.15, -0.1) is 0 Å². The number of carbonyl (C=O) groups excluding carboxylic acids is 1. The summed E-state index contributed by atoms with van der Waals surface area (Å²) in [5, 5.41) is 6.03. The average Bonchev–Trinajstić information content (AvgIpc) is 2.69. The van der Waals surface area contributed by atoms with E-state index in [1.807, 2.05) is 55.5 Å². The van der Waals surface area contributed by atoms with E-state index >= 15 is 0 Å². The van der Waals surface area contributed by atoms with Gasteiger partial charge < -0.3 is 15.4 Å². The Hall–Kier alpha value is -3.41. The zero-order chi connectivity index (χ0) is 19.1. The minimum atomic E-state index is -0.238. The maximum atomic E-state index is 12.2. The SMILES string of the molecule is COc1ccc(C)cc1Nc1cnc(C(=O)NCCc2ccccc2)cn1. The number of amides is 1. The van der Waals surface area contributed by atoms with Crippen LogP contribution in [0.5, 0.6) is 5.75 Å². The number of nitrogens with zero attached hydrogens (tertiary/aromatic N) is 2. The summed E-state index contributed by atoms with van der Waals surface area (Å²) < 4.78 is 5.34. The molecule has 1 amide bonds. The van der Waals surface area contributed by atoms with Gasteiger partial charge in [-0.25, -0.2) is 9.97 Å². The first-order valence-electron chi connectivity index (χ1n) is 8.71. The van der Waals surface area contributed by atoms with E-state index in [1.165, 1.54) is 18.0 Å². The molecule has 3 rings (SSSR count). The predicted molar refractivity (Wildman–Crippen MR) is 106 cm³/mol. The molecular weight excluding hydrogens is 340 g/mol. The van der Waals surface area contributed by atoms with Crippen molar-refractivity contribution in [1.29, 1.82) is 0 Å². The van der Waals surface area contributed by atoms with Gasteiger partial charge in [0.15, 0.2) is 0 Å². The number of hydrogen-bond acceptors (Lipinski definition) is 5. The first-order chi connectivity index (χ1) is 13.2. The van der Waals surface area contributed by atoms with Crippen LogP contribution < -0.4 is 15.4 Å². The van der Waals surface area contributed by atoms with Crippen LogP contribution in [0.1, 0.15) is 21.6 Å². The van der Waals surface area contributed by atoms with Crippen LogP contribution in [0.3, 0.4) is 0 Å². The zero-order valence-electron chi connectivity index (χ0n) is 15.4. The fourth-order valence-corrected chi connectivity index (χ4v) is 2.62. The summed E-state index contributed by atoms with van der Waals surface area (Å²) in [6.07, 6.45) is 3.77. The third kappa shape index (κ3) is 5.04. The summed E-state index contributed by atoms with van der Waals surface area (Å²) >= 11 is 0.